The summed E-state index contributed by atoms with van der Waals surface area (Å²) in [6.07, 6.45) is 11.2. The van der Waals surface area contributed by atoms with E-state index in [-0.39, 0.29) is 0 Å². The lowest BCUT2D eigenvalue weighted by Crippen LogP contribution is -2.08. The Hall–Kier alpha value is -0.420. The molecule has 0 amide bonds. The van der Waals surface area contributed by atoms with E-state index in [0.717, 1.165) is 36.5 Å². The van der Waals surface area contributed by atoms with Gasteiger partial charge in [-0.2, -0.15) is 5.26 Å². The number of nitriles is 1. The van der Waals surface area contributed by atoms with E-state index < -0.39 is 0 Å². The molecule has 0 aromatic carbocycles. The number of thioether (sulfide) groups is 1. The van der Waals surface area contributed by atoms with Crippen molar-refractivity contribution < 1.29 is 0 Å². The Balaban J connectivity index is 2.66. The van der Waals surface area contributed by atoms with Crippen LogP contribution in [0.15, 0.2) is 10.5 Å². The Labute approximate surface area is 111 Å². The summed E-state index contributed by atoms with van der Waals surface area (Å²) in [7, 11) is 0. The van der Waals surface area contributed by atoms with Gasteiger partial charge in [0.1, 0.15) is 0 Å². The van der Waals surface area contributed by atoms with Crippen molar-refractivity contribution in [2.75, 3.05) is 0 Å². The zero-order valence-corrected chi connectivity index (χ0v) is 12.1. The smallest absolute Gasteiger partial charge is 0.0955 e. The molecule has 2 heteroatoms. The van der Waals surface area contributed by atoms with Crippen LogP contribution in [0.2, 0.25) is 0 Å². The zero-order valence-electron chi connectivity index (χ0n) is 11.3. The number of hydrogen-bond acceptors (Lipinski definition) is 2. The maximum atomic E-state index is 9.26. The third-order valence-electron chi connectivity index (χ3n) is 3.31. The predicted octanol–water partition coefficient (Wildman–Crippen LogP) is 5.43. The first-order valence-electron chi connectivity index (χ1n) is 7.10. The lowest BCUT2D eigenvalue weighted by molar-refractivity contribution is 0.516. The number of hydrogen-bond donors (Lipinski definition) is 0. The van der Waals surface area contributed by atoms with Crippen LogP contribution in [-0.4, -0.2) is 5.25 Å². The summed E-state index contributed by atoms with van der Waals surface area (Å²) in [5.74, 6) is 0. The van der Waals surface area contributed by atoms with E-state index in [1.54, 1.807) is 0 Å². The summed E-state index contributed by atoms with van der Waals surface area (Å²) in [6.45, 7) is 4.37. The van der Waals surface area contributed by atoms with Crippen molar-refractivity contribution in [1.29, 1.82) is 5.26 Å². The summed E-state index contributed by atoms with van der Waals surface area (Å²) in [4.78, 5) is 1.39. The highest BCUT2D eigenvalue weighted by atomic mass is 32.2. The standard InChI is InChI=1S/C15H25NS/c1-3-8-13(12-16)15(9-4-2)17-14-10-6-5-7-11-14/h14H,3-11H2,1-2H3/b15-13+. The summed E-state index contributed by atoms with van der Waals surface area (Å²) in [5.41, 5.74) is 1.06. The molecule has 96 valence electrons. The molecule has 0 radical (unpaired) electrons. The maximum absolute atomic E-state index is 9.26. The molecule has 0 aromatic heterocycles. The quantitative estimate of drug-likeness (QED) is 0.588. The third-order valence-corrected chi connectivity index (χ3v) is 4.85. The summed E-state index contributed by atoms with van der Waals surface area (Å²) >= 11 is 2.02. The predicted molar refractivity (Wildman–Crippen MR) is 76.9 cm³/mol. The van der Waals surface area contributed by atoms with Crippen LogP contribution in [0.3, 0.4) is 0 Å². The lowest BCUT2D eigenvalue weighted by atomic mass is 10.0. The Morgan fingerprint density at radius 2 is 1.76 bits per heavy atom. The van der Waals surface area contributed by atoms with E-state index >= 15 is 0 Å². The van der Waals surface area contributed by atoms with E-state index in [2.05, 4.69) is 19.9 Å². The second kappa shape index (κ2) is 8.64. The lowest BCUT2D eigenvalue weighted by Gasteiger charge is -2.23. The van der Waals surface area contributed by atoms with Gasteiger partial charge in [0.25, 0.3) is 0 Å². The van der Waals surface area contributed by atoms with E-state index in [0.29, 0.717) is 0 Å². The second-order valence-electron chi connectivity index (χ2n) is 4.89. The number of rotatable bonds is 6. The van der Waals surface area contributed by atoms with Gasteiger partial charge in [0.15, 0.2) is 0 Å². The van der Waals surface area contributed by atoms with Crippen molar-refractivity contribution in [3.63, 3.8) is 0 Å². The van der Waals surface area contributed by atoms with Gasteiger partial charge in [0, 0.05) is 10.8 Å². The Morgan fingerprint density at radius 1 is 1.12 bits per heavy atom. The van der Waals surface area contributed by atoms with Crippen molar-refractivity contribution >= 4 is 11.8 Å². The minimum atomic E-state index is 0.783. The van der Waals surface area contributed by atoms with Gasteiger partial charge in [0.2, 0.25) is 0 Å². The van der Waals surface area contributed by atoms with Crippen LogP contribution in [0.25, 0.3) is 0 Å². The highest BCUT2D eigenvalue weighted by molar-refractivity contribution is 8.03. The molecule has 1 aliphatic carbocycles. The highest BCUT2D eigenvalue weighted by Gasteiger charge is 2.17. The average Bonchev–Trinajstić information content (AvgIpc) is 2.37. The van der Waals surface area contributed by atoms with Gasteiger partial charge in [-0.15, -0.1) is 11.8 Å². The fraction of sp³-hybridized carbons (Fsp3) is 0.800. The van der Waals surface area contributed by atoms with Crippen molar-refractivity contribution in [1.82, 2.24) is 0 Å². The second-order valence-corrected chi connectivity index (χ2v) is 6.29. The molecule has 0 aromatic rings. The molecule has 1 fully saturated rings. The van der Waals surface area contributed by atoms with Gasteiger partial charge >= 0.3 is 0 Å². The van der Waals surface area contributed by atoms with Gasteiger partial charge < -0.3 is 0 Å². The van der Waals surface area contributed by atoms with Gasteiger partial charge in [-0.1, -0.05) is 46.0 Å². The molecule has 1 saturated carbocycles. The van der Waals surface area contributed by atoms with Crippen LogP contribution in [0.1, 0.15) is 71.6 Å². The molecule has 0 N–H and O–H groups in total. The molecule has 17 heavy (non-hydrogen) atoms. The topological polar surface area (TPSA) is 23.8 Å². The van der Waals surface area contributed by atoms with E-state index in [9.17, 15) is 5.26 Å². The summed E-state index contributed by atoms with van der Waals surface area (Å²) in [6, 6.07) is 2.44. The molecule has 1 nitrogen and oxygen atoms in total. The van der Waals surface area contributed by atoms with Crippen LogP contribution in [0, 0.1) is 11.3 Å². The molecule has 0 unspecified atom stereocenters. The van der Waals surface area contributed by atoms with Gasteiger partial charge in [0.05, 0.1) is 6.07 Å². The van der Waals surface area contributed by atoms with Crippen LogP contribution >= 0.6 is 11.8 Å². The highest BCUT2D eigenvalue weighted by Crippen LogP contribution is 2.37. The molecule has 0 aliphatic heterocycles. The fourth-order valence-corrected chi connectivity index (χ4v) is 3.98. The first kappa shape index (κ1) is 14.6. The first-order valence-corrected chi connectivity index (χ1v) is 7.98. The average molecular weight is 251 g/mol. The van der Waals surface area contributed by atoms with E-state index in [4.69, 9.17) is 0 Å². The van der Waals surface area contributed by atoms with Gasteiger partial charge in [-0.25, -0.2) is 0 Å². The van der Waals surface area contributed by atoms with Crippen molar-refractivity contribution in [2.45, 2.75) is 76.9 Å². The van der Waals surface area contributed by atoms with Crippen molar-refractivity contribution in [2.24, 2.45) is 0 Å². The van der Waals surface area contributed by atoms with Crippen LogP contribution in [0.4, 0.5) is 0 Å². The van der Waals surface area contributed by atoms with Crippen LogP contribution in [0.5, 0.6) is 0 Å². The summed E-state index contributed by atoms with van der Waals surface area (Å²) < 4.78 is 0. The Bertz CT molecular complexity index is 282. The van der Waals surface area contributed by atoms with Crippen LogP contribution < -0.4 is 0 Å². The fourth-order valence-electron chi connectivity index (χ4n) is 2.40. The minimum Gasteiger partial charge on any atom is -0.193 e. The Morgan fingerprint density at radius 3 is 2.29 bits per heavy atom. The summed E-state index contributed by atoms with van der Waals surface area (Å²) in [5, 5.41) is 10.0. The Kier molecular flexibility index (Phi) is 7.44. The van der Waals surface area contributed by atoms with Gasteiger partial charge in [-0.05, 0) is 30.6 Å². The first-order chi connectivity index (χ1) is 8.31. The molecule has 0 saturated heterocycles. The molecule has 0 heterocycles. The van der Waals surface area contributed by atoms with Crippen molar-refractivity contribution in [3.8, 4) is 6.07 Å². The minimum absolute atomic E-state index is 0.783. The van der Waals surface area contributed by atoms with Crippen LogP contribution in [-0.2, 0) is 0 Å². The van der Waals surface area contributed by atoms with Crippen molar-refractivity contribution in [3.05, 3.63) is 10.5 Å². The van der Waals surface area contributed by atoms with E-state index in [1.807, 2.05) is 11.8 Å². The number of allylic oxidation sites excluding steroid dienone is 2. The molecule has 0 spiro atoms. The molecule has 0 bridgehead atoms. The third kappa shape index (κ3) is 5.17. The largest absolute Gasteiger partial charge is 0.193 e. The molecule has 1 aliphatic rings. The monoisotopic (exact) mass is 251 g/mol. The zero-order chi connectivity index (χ0) is 12.5. The van der Waals surface area contributed by atoms with E-state index in [1.165, 1.54) is 37.0 Å². The SMILES string of the molecule is CCC/C(C#N)=C(/CCC)SC1CCCCC1. The molecular weight excluding hydrogens is 226 g/mol. The maximum Gasteiger partial charge on any atom is 0.0955 e. The number of nitrogens with zero attached hydrogens (tertiary/aromatic N) is 1. The van der Waals surface area contributed by atoms with Gasteiger partial charge in [-0.3, -0.25) is 0 Å². The molecule has 1 rings (SSSR count). The molecule has 0 atom stereocenters. The normalized spacial score (nSPS) is 18.6. The molecular formula is C15H25NS.